The number of β-amino-alcohol motifs (C(OH)–C–C–N with tert-alkyl or cyclic N) is 1. The van der Waals surface area contributed by atoms with Crippen LogP contribution in [0.15, 0.2) is 0 Å². The van der Waals surface area contributed by atoms with Crippen LogP contribution in [0.3, 0.4) is 0 Å². The van der Waals surface area contributed by atoms with E-state index in [-0.39, 0.29) is 23.3 Å². The van der Waals surface area contributed by atoms with Crippen LogP contribution in [0.5, 0.6) is 0 Å². The Bertz CT molecular complexity index is 206. The molecule has 0 bridgehead atoms. The summed E-state index contributed by atoms with van der Waals surface area (Å²) in [6.07, 6.45) is 2.00. The molecular weight excluding hydrogens is 190 g/mol. The van der Waals surface area contributed by atoms with Crippen LogP contribution in [0, 0.1) is 6.42 Å². The van der Waals surface area contributed by atoms with Crippen molar-refractivity contribution in [3.05, 3.63) is 6.42 Å². The van der Waals surface area contributed by atoms with Gasteiger partial charge in [-0.3, -0.25) is 4.90 Å². The number of hydrogen-bond acceptors (Lipinski definition) is 3. The molecule has 1 aliphatic rings. The summed E-state index contributed by atoms with van der Waals surface area (Å²) in [5, 5.41) is 19.3. The fourth-order valence-corrected chi connectivity index (χ4v) is 2.77. The van der Waals surface area contributed by atoms with Crippen molar-refractivity contribution < 1.29 is 10.2 Å². The van der Waals surface area contributed by atoms with E-state index in [0.717, 1.165) is 6.42 Å². The zero-order valence-electron chi connectivity index (χ0n) is 10.5. The summed E-state index contributed by atoms with van der Waals surface area (Å²) in [5.41, 5.74) is -0.243. The average Bonchev–Trinajstić information content (AvgIpc) is 1.94. The predicted molar refractivity (Wildman–Crippen MR) is 61.5 cm³/mol. The molecule has 0 aliphatic carbocycles. The highest BCUT2D eigenvalue weighted by Crippen LogP contribution is 2.37. The van der Waals surface area contributed by atoms with Crippen molar-refractivity contribution in [1.29, 1.82) is 0 Å². The van der Waals surface area contributed by atoms with Gasteiger partial charge in [0.2, 0.25) is 0 Å². The van der Waals surface area contributed by atoms with Gasteiger partial charge in [0.1, 0.15) is 0 Å². The molecule has 0 aromatic carbocycles. The van der Waals surface area contributed by atoms with E-state index in [1.807, 2.05) is 6.42 Å². The lowest BCUT2D eigenvalue weighted by Crippen LogP contribution is -2.63. The number of aliphatic hydroxyl groups is 2. The highest BCUT2D eigenvalue weighted by Gasteiger charge is 2.45. The Balaban J connectivity index is 2.87. The van der Waals surface area contributed by atoms with Crippen LogP contribution in [-0.4, -0.2) is 44.9 Å². The van der Waals surface area contributed by atoms with Crippen LogP contribution < -0.4 is 0 Å². The maximum absolute atomic E-state index is 9.79. The number of piperidine rings is 1. The third kappa shape index (κ3) is 2.92. The molecule has 0 spiro atoms. The van der Waals surface area contributed by atoms with E-state index in [2.05, 4.69) is 32.6 Å². The van der Waals surface area contributed by atoms with Crippen LogP contribution in [0.2, 0.25) is 0 Å². The maximum atomic E-state index is 9.79. The van der Waals surface area contributed by atoms with Crippen molar-refractivity contribution in [2.75, 3.05) is 6.54 Å². The van der Waals surface area contributed by atoms with Gasteiger partial charge in [0, 0.05) is 24.0 Å². The van der Waals surface area contributed by atoms with Gasteiger partial charge in [0.15, 0.2) is 0 Å². The molecule has 3 heteroatoms. The van der Waals surface area contributed by atoms with Gasteiger partial charge in [-0.05, 0) is 41.0 Å². The first-order chi connectivity index (χ1) is 6.65. The molecule has 0 aromatic heterocycles. The summed E-state index contributed by atoms with van der Waals surface area (Å²) < 4.78 is 0. The smallest absolute Gasteiger partial charge is 0.0639 e. The van der Waals surface area contributed by atoms with Gasteiger partial charge in [-0.2, -0.15) is 0 Å². The average molecular weight is 214 g/mol. The number of nitrogens with zero attached hydrogens (tertiary/aromatic N) is 1. The number of rotatable bonds is 2. The van der Waals surface area contributed by atoms with Gasteiger partial charge in [-0.15, -0.1) is 0 Å². The second-order valence-corrected chi connectivity index (χ2v) is 5.86. The van der Waals surface area contributed by atoms with E-state index in [9.17, 15) is 10.2 Å². The lowest BCUT2D eigenvalue weighted by Gasteiger charge is -2.54. The summed E-state index contributed by atoms with van der Waals surface area (Å²) in [6.45, 7) is 10.8. The largest absolute Gasteiger partial charge is 0.393 e. The highest BCUT2D eigenvalue weighted by atomic mass is 16.3. The molecule has 1 fully saturated rings. The third-order valence-electron chi connectivity index (χ3n) is 3.18. The minimum Gasteiger partial charge on any atom is -0.393 e. The quantitative estimate of drug-likeness (QED) is 0.726. The Hall–Kier alpha value is -0.120. The summed E-state index contributed by atoms with van der Waals surface area (Å²) >= 11 is 0. The van der Waals surface area contributed by atoms with Crippen LogP contribution in [0.1, 0.15) is 41.0 Å². The lowest BCUT2D eigenvalue weighted by atomic mass is 9.78. The molecule has 3 nitrogen and oxygen atoms in total. The summed E-state index contributed by atoms with van der Waals surface area (Å²) in [7, 11) is 0. The third-order valence-corrected chi connectivity index (χ3v) is 3.18. The van der Waals surface area contributed by atoms with Gasteiger partial charge in [0.05, 0.1) is 12.2 Å². The summed E-state index contributed by atoms with van der Waals surface area (Å²) in [4.78, 5) is 2.26. The van der Waals surface area contributed by atoms with E-state index in [1.54, 1.807) is 6.92 Å². The Morgan fingerprint density at radius 1 is 1.40 bits per heavy atom. The Labute approximate surface area is 93.1 Å². The topological polar surface area (TPSA) is 43.7 Å². The monoisotopic (exact) mass is 214 g/mol. The van der Waals surface area contributed by atoms with Crippen LogP contribution >= 0.6 is 0 Å². The number of likely N-dealkylation sites (tertiary alicyclic amines) is 1. The molecule has 2 atom stereocenters. The number of aliphatic hydroxyl groups excluding tert-OH is 2. The molecule has 2 unspecified atom stereocenters. The molecule has 1 heterocycles. The highest BCUT2D eigenvalue weighted by molar-refractivity contribution is 5.10. The predicted octanol–water partition coefficient (Wildman–Crippen LogP) is 1.20. The molecule has 89 valence electrons. The van der Waals surface area contributed by atoms with Gasteiger partial charge in [-0.1, -0.05) is 0 Å². The molecule has 0 aromatic rings. The van der Waals surface area contributed by atoms with Crippen LogP contribution in [0.25, 0.3) is 0 Å². The van der Waals surface area contributed by atoms with Gasteiger partial charge in [0.25, 0.3) is 0 Å². The van der Waals surface area contributed by atoms with Gasteiger partial charge >= 0.3 is 0 Å². The Morgan fingerprint density at radius 3 is 2.33 bits per heavy atom. The van der Waals surface area contributed by atoms with Crippen molar-refractivity contribution in [2.24, 2.45) is 0 Å². The van der Waals surface area contributed by atoms with Gasteiger partial charge in [-0.25, -0.2) is 0 Å². The molecule has 1 rings (SSSR count). The second kappa shape index (κ2) is 4.04. The molecular formula is C12H24NO2. The van der Waals surface area contributed by atoms with Crippen LogP contribution in [0.4, 0.5) is 0 Å². The van der Waals surface area contributed by atoms with Crippen molar-refractivity contribution in [1.82, 2.24) is 4.90 Å². The van der Waals surface area contributed by atoms with E-state index < -0.39 is 0 Å². The van der Waals surface area contributed by atoms with Gasteiger partial charge < -0.3 is 10.2 Å². The lowest BCUT2D eigenvalue weighted by molar-refractivity contribution is -0.0613. The molecule has 0 saturated carbocycles. The first kappa shape index (κ1) is 12.9. The molecule has 1 radical (unpaired) electrons. The molecule has 1 saturated heterocycles. The fourth-order valence-electron chi connectivity index (χ4n) is 2.77. The first-order valence-electron chi connectivity index (χ1n) is 5.65. The molecule has 2 N–H and O–H groups in total. The van der Waals surface area contributed by atoms with E-state index in [4.69, 9.17) is 0 Å². The first-order valence-corrected chi connectivity index (χ1v) is 5.65. The minimum absolute atomic E-state index is 0.0747. The van der Waals surface area contributed by atoms with E-state index >= 15 is 0 Å². The molecule has 0 amide bonds. The minimum atomic E-state index is -0.347. The zero-order chi connectivity index (χ0) is 11.9. The van der Waals surface area contributed by atoms with E-state index in [0.29, 0.717) is 6.54 Å². The molecule has 1 aliphatic heterocycles. The Morgan fingerprint density at radius 2 is 1.93 bits per heavy atom. The second-order valence-electron chi connectivity index (χ2n) is 5.86. The maximum Gasteiger partial charge on any atom is 0.0639 e. The normalized spacial score (nSPS) is 29.0. The number of hydrogen-bond donors (Lipinski definition) is 2. The zero-order valence-corrected chi connectivity index (χ0v) is 10.5. The summed E-state index contributed by atoms with van der Waals surface area (Å²) in [5.74, 6) is 0. The van der Waals surface area contributed by atoms with Crippen LogP contribution in [-0.2, 0) is 0 Å². The SMILES string of the molecule is CC(O)CN1C(C)(C)[CH]C(O)CC1(C)C. The Kier molecular flexibility index (Phi) is 3.49. The van der Waals surface area contributed by atoms with E-state index in [1.165, 1.54) is 0 Å². The van der Waals surface area contributed by atoms with Crippen molar-refractivity contribution >= 4 is 0 Å². The fraction of sp³-hybridized carbons (Fsp3) is 0.917. The molecule has 15 heavy (non-hydrogen) atoms. The van der Waals surface area contributed by atoms with Crippen molar-refractivity contribution in [3.8, 4) is 0 Å². The van der Waals surface area contributed by atoms with Crippen molar-refractivity contribution in [2.45, 2.75) is 64.3 Å². The van der Waals surface area contributed by atoms with Crippen molar-refractivity contribution in [3.63, 3.8) is 0 Å². The standard InChI is InChI=1S/C12H24NO2/c1-9(14)8-13-11(2,3)6-10(15)7-12(13,4)5/h6,9-10,14-15H,7-8H2,1-5H3. The summed E-state index contributed by atoms with van der Waals surface area (Å²) in [6, 6.07) is 0.